The molecule has 0 heterocycles. The van der Waals surface area contributed by atoms with Crippen molar-refractivity contribution in [2.75, 3.05) is 6.54 Å². The van der Waals surface area contributed by atoms with E-state index < -0.39 is 0 Å². The molecule has 1 saturated carbocycles. The summed E-state index contributed by atoms with van der Waals surface area (Å²) in [5, 5.41) is 7.21. The highest BCUT2D eigenvalue weighted by molar-refractivity contribution is 7.80. The van der Waals surface area contributed by atoms with E-state index in [-0.39, 0.29) is 0 Å². The van der Waals surface area contributed by atoms with Gasteiger partial charge in [-0.2, -0.15) is 0 Å². The number of hydrogen-bond donors (Lipinski definition) is 2. The highest BCUT2D eigenvalue weighted by atomic mass is 32.1. The Kier molecular flexibility index (Phi) is 3.79. The minimum Gasteiger partial charge on any atom is -0.362 e. The summed E-state index contributed by atoms with van der Waals surface area (Å²) < 4.78 is 0. The Morgan fingerprint density at radius 3 is 2.58 bits per heavy atom. The molecular weight excluding hydrogens is 168 g/mol. The molecule has 0 aliphatic heterocycles. The average Bonchev–Trinajstić information content (AvgIpc) is 1.81. The number of hydrogen-bond acceptors (Lipinski definition) is 1. The van der Waals surface area contributed by atoms with E-state index in [1.54, 1.807) is 0 Å². The minimum absolute atomic E-state index is 0.436. The maximum absolute atomic E-state index is 5.10. The first kappa shape index (κ1) is 9.78. The van der Waals surface area contributed by atoms with Gasteiger partial charge in [-0.3, -0.25) is 0 Å². The molecule has 1 aliphatic rings. The van der Waals surface area contributed by atoms with Crippen LogP contribution in [-0.4, -0.2) is 17.7 Å². The smallest absolute Gasteiger partial charge is 0.166 e. The fourth-order valence-corrected chi connectivity index (χ4v) is 1.57. The Hall–Kier alpha value is -0.310. The summed E-state index contributed by atoms with van der Waals surface area (Å²) in [5.74, 6) is 0.872. The monoisotopic (exact) mass is 186 g/mol. The van der Waals surface area contributed by atoms with Crippen LogP contribution in [0.1, 0.15) is 33.1 Å². The molecule has 0 saturated heterocycles. The third-order valence-corrected chi connectivity index (χ3v) is 2.46. The van der Waals surface area contributed by atoms with Gasteiger partial charge in [-0.05, 0) is 44.8 Å². The van der Waals surface area contributed by atoms with Crippen LogP contribution in [0.4, 0.5) is 0 Å². The second kappa shape index (κ2) is 4.65. The lowest BCUT2D eigenvalue weighted by molar-refractivity contribution is 0.315. The third kappa shape index (κ3) is 3.39. The van der Waals surface area contributed by atoms with Crippen molar-refractivity contribution in [2.45, 2.75) is 39.2 Å². The first-order valence-corrected chi connectivity index (χ1v) is 5.13. The van der Waals surface area contributed by atoms with Crippen LogP contribution in [0.3, 0.4) is 0 Å². The topological polar surface area (TPSA) is 24.1 Å². The molecule has 0 radical (unpaired) electrons. The lowest BCUT2D eigenvalue weighted by atomic mass is 9.85. The summed E-state index contributed by atoms with van der Waals surface area (Å²) in [6.45, 7) is 5.24. The second-order valence-corrected chi connectivity index (χ2v) is 4.21. The summed E-state index contributed by atoms with van der Waals surface area (Å²) >= 11 is 5.10. The van der Waals surface area contributed by atoms with Crippen molar-refractivity contribution in [3.63, 3.8) is 0 Å². The zero-order valence-corrected chi connectivity index (χ0v) is 8.71. The van der Waals surface area contributed by atoms with Gasteiger partial charge in [-0.15, -0.1) is 0 Å². The maximum Gasteiger partial charge on any atom is 0.166 e. The van der Waals surface area contributed by atoms with Crippen molar-refractivity contribution in [1.82, 2.24) is 10.6 Å². The van der Waals surface area contributed by atoms with E-state index in [1.165, 1.54) is 19.3 Å². The molecule has 2 nitrogen and oxygen atoms in total. The van der Waals surface area contributed by atoms with Gasteiger partial charge < -0.3 is 10.6 Å². The third-order valence-electron chi connectivity index (χ3n) is 2.20. The molecular formula is C9H18N2S. The summed E-state index contributed by atoms with van der Waals surface area (Å²) in [6, 6.07) is 0.436. The van der Waals surface area contributed by atoms with Crippen molar-refractivity contribution >= 4 is 17.3 Å². The van der Waals surface area contributed by atoms with Crippen LogP contribution >= 0.6 is 12.2 Å². The molecule has 0 unspecified atom stereocenters. The van der Waals surface area contributed by atoms with Crippen molar-refractivity contribution in [1.29, 1.82) is 0 Å². The molecule has 1 fully saturated rings. The van der Waals surface area contributed by atoms with Crippen LogP contribution in [0.25, 0.3) is 0 Å². The SMILES string of the molecule is CC(C)NC(=S)NCC1CCC1. The minimum atomic E-state index is 0.436. The van der Waals surface area contributed by atoms with Gasteiger partial charge in [0.2, 0.25) is 0 Å². The predicted octanol–water partition coefficient (Wildman–Crippen LogP) is 1.66. The van der Waals surface area contributed by atoms with Crippen LogP contribution in [0.5, 0.6) is 0 Å². The highest BCUT2D eigenvalue weighted by Crippen LogP contribution is 2.24. The summed E-state index contributed by atoms with van der Waals surface area (Å²) in [4.78, 5) is 0. The molecule has 0 spiro atoms. The molecule has 0 bridgehead atoms. The zero-order valence-electron chi connectivity index (χ0n) is 7.89. The van der Waals surface area contributed by atoms with E-state index >= 15 is 0 Å². The summed E-state index contributed by atoms with van der Waals surface area (Å²) in [7, 11) is 0. The van der Waals surface area contributed by atoms with Crippen molar-refractivity contribution < 1.29 is 0 Å². The van der Waals surface area contributed by atoms with Gasteiger partial charge in [-0.1, -0.05) is 6.42 Å². The Morgan fingerprint density at radius 2 is 2.17 bits per heavy atom. The standard InChI is InChI=1S/C9H18N2S/c1-7(2)11-9(12)10-6-8-4-3-5-8/h7-8H,3-6H2,1-2H3,(H2,10,11,12). The number of thiocarbonyl (C=S) groups is 1. The maximum atomic E-state index is 5.10. The molecule has 0 aromatic heterocycles. The lowest BCUT2D eigenvalue weighted by Crippen LogP contribution is -2.42. The van der Waals surface area contributed by atoms with Gasteiger partial charge >= 0.3 is 0 Å². The predicted molar refractivity (Wildman–Crippen MR) is 56.2 cm³/mol. The van der Waals surface area contributed by atoms with Gasteiger partial charge in [-0.25, -0.2) is 0 Å². The van der Waals surface area contributed by atoms with Crippen LogP contribution in [0, 0.1) is 5.92 Å². The van der Waals surface area contributed by atoms with Crippen molar-refractivity contribution in [3.8, 4) is 0 Å². The van der Waals surface area contributed by atoms with E-state index in [2.05, 4.69) is 24.5 Å². The number of nitrogens with one attached hydrogen (secondary N) is 2. The summed E-state index contributed by atoms with van der Waals surface area (Å²) in [6.07, 6.45) is 4.14. The fourth-order valence-electron chi connectivity index (χ4n) is 1.25. The lowest BCUT2D eigenvalue weighted by Gasteiger charge is -2.26. The molecule has 0 atom stereocenters. The van der Waals surface area contributed by atoms with Crippen LogP contribution in [0.2, 0.25) is 0 Å². The average molecular weight is 186 g/mol. The molecule has 12 heavy (non-hydrogen) atoms. The van der Waals surface area contributed by atoms with E-state index in [0.29, 0.717) is 6.04 Å². The molecule has 1 rings (SSSR count). The molecule has 0 amide bonds. The highest BCUT2D eigenvalue weighted by Gasteiger charge is 2.16. The molecule has 3 heteroatoms. The van der Waals surface area contributed by atoms with Crippen molar-refractivity contribution in [2.24, 2.45) is 5.92 Å². The molecule has 1 aliphatic carbocycles. The quantitative estimate of drug-likeness (QED) is 0.656. The van der Waals surface area contributed by atoms with E-state index in [1.807, 2.05) is 0 Å². The van der Waals surface area contributed by atoms with Crippen LogP contribution < -0.4 is 10.6 Å². The fraction of sp³-hybridized carbons (Fsp3) is 0.889. The second-order valence-electron chi connectivity index (χ2n) is 3.81. The van der Waals surface area contributed by atoms with Crippen LogP contribution in [-0.2, 0) is 0 Å². The van der Waals surface area contributed by atoms with E-state index in [4.69, 9.17) is 12.2 Å². The Morgan fingerprint density at radius 1 is 1.50 bits per heavy atom. The van der Waals surface area contributed by atoms with E-state index in [0.717, 1.165) is 17.6 Å². The molecule has 2 N–H and O–H groups in total. The van der Waals surface area contributed by atoms with Crippen molar-refractivity contribution in [3.05, 3.63) is 0 Å². The number of rotatable bonds is 3. The summed E-state index contributed by atoms with van der Waals surface area (Å²) in [5.41, 5.74) is 0. The Balaban J connectivity index is 2.01. The molecule has 0 aromatic rings. The zero-order chi connectivity index (χ0) is 8.97. The van der Waals surface area contributed by atoms with Gasteiger partial charge in [0.25, 0.3) is 0 Å². The Labute approximate surface area is 80.1 Å². The van der Waals surface area contributed by atoms with Gasteiger partial charge in [0.15, 0.2) is 5.11 Å². The normalized spacial score (nSPS) is 17.2. The van der Waals surface area contributed by atoms with Gasteiger partial charge in [0.1, 0.15) is 0 Å². The van der Waals surface area contributed by atoms with E-state index in [9.17, 15) is 0 Å². The first-order valence-electron chi connectivity index (χ1n) is 4.73. The van der Waals surface area contributed by atoms with Gasteiger partial charge in [0, 0.05) is 12.6 Å². The van der Waals surface area contributed by atoms with Crippen LogP contribution in [0.15, 0.2) is 0 Å². The first-order chi connectivity index (χ1) is 5.68. The molecule has 70 valence electrons. The Bertz CT molecular complexity index is 153. The molecule has 0 aromatic carbocycles. The largest absolute Gasteiger partial charge is 0.362 e. The van der Waals surface area contributed by atoms with Gasteiger partial charge in [0.05, 0.1) is 0 Å².